The molecule has 7 heteroatoms. The van der Waals surface area contributed by atoms with Crippen molar-refractivity contribution in [1.82, 2.24) is 4.31 Å². The summed E-state index contributed by atoms with van der Waals surface area (Å²) >= 11 is 0. The monoisotopic (exact) mass is 393 g/mol. The van der Waals surface area contributed by atoms with Crippen LogP contribution in [-0.4, -0.2) is 56.5 Å². The summed E-state index contributed by atoms with van der Waals surface area (Å²) in [5.74, 6) is -0.565. The molecule has 4 rings (SSSR count). The quantitative estimate of drug-likeness (QED) is 0.797. The Balaban J connectivity index is 1.54. The van der Waals surface area contributed by atoms with Crippen LogP contribution in [0.1, 0.15) is 31.2 Å². The number of hydrogen-bond donors (Lipinski definition) is 1. The van der Waals surface area contributed by atoms with Crippen molar-refractivity contribution in [3.05, 3.63) is 41.0 Å². The highest BCUT2D eigenvalue weighted by molar-refractivity contribution is 7.89. The largest absolute Gasteiger partial charge is 0.396 e. The van der Waals surface area contributed by atoms with Crippen molar-refractivity contribution in [2.75, 3.05) is 32.9 Å². The summed E-state index contributed by atoms with van der Waals surface area (Å²) < 4.78 is 39.1. The number of aliphatic hydroxyl groups is 1. The molecule has 3 fully saturated rings. The van der Waals surface area contributed by atoms with Gasteiger partial charge in [0.2, 0.25) is 10.0 Å². The number of aliphatic hydroxyl groups excluding tert-OH is 1. The SMILES string of the molecule is Cc1ccc(S(=O)(=O)N2CC(=C3CCC4(CC3)OCCO4)C(CO)C2)cc1. The van der Waals surface area contributed by atoms with E-state index in [4.69, 9.17) is 9.47 Å². The van der Waals surface area contributed by atoms with Crippen LogP contribution < -0.4 is 0 Å². The van der Waals surface area contributed by atoms with Gasteiger partial charge in [-0.15, -0.1) is 0 Å². The number of aryl methyl sites for hydroxylation is 1. The minimum atomic E-state index is -3.55. The second-order valence-electron chi connectivity index (χ2n) is 7.73. The average molecular weight is 394 g/mol. The van der Waals surface area contributed by atoms with Crippen molar-refractivity contribution in [1.29, 1.82) is 0 Å². The lowest BCUT2D eigenvalue weighted by molar-refractivity contribution is -0.171. The van der Waals surface area contributed by atoms with Crippen molar-refractivity contribution in [2.24, 2.45) is 5.92 Å². The highest BCUT2D eigenvalue weighted by atomic mass is 32.2. The molecule has 1 saturated carbocycles. The first-order chi connectivity index (χ1) is 12.9. The molecule has 1 aromatic rings. The van der Waals surface area contributed by atoms with Gasteiger partial charge in [0.05, 0.1) is 24.7 Å². The molecule has 1 aliphatic carbocycles. The van der Waals surface area contributed by atoms with Crippen LogP contribution in [0.15, 0.2) is 40.3 Å². The molecule has 0 amide bonds. The number of nitrogens with zero attached hydrogens (tertiary/aromatic N) is 1. The van der Waals surface area contributed by atoms with Gasteiger partial charge in [-0.3, -0.25) is 0 Å². The van der Waals surface area contributed by atoms with Crippen molar-refractivity contribution < 1.29 is 23.0 Å². The first-order valence-corrected chi connectivity index (χ1v) is 11.0. The van der Waals surface area contributed by atoms with E-state index in [1.54, 1.807) is 12.1 Å². The highest BCUT2D eigenvalue weighted by Crippen LogP contribution is 2.41. The molecule has 1 N–H and O–H groups in total. The predicted molar refractivity (Wildman–Crippen MR) is 101 cm³/mol. The summed E-state index contributed by atoms with van der Waals surface area (Å²) in [5.41, 5.74) is 3.38. The van der Waals surface area contributed by atoms with Gasteiger partial charge < -0.3 is 14.6 Å². The van der Waals surface area contributed by atoms with Gasteiger partial charge in [-0.2, -0.15) is 4.31 Å². The molecule has 1 aromatic carbocycles. The Bertz CT molecular complexity index is 812. The van der Waals surface area contributed by atoms with E-state index in [-0.39, 0.29) is 12.5 Å². The Labute approximate surface area is 160 Å². The van der Waals surface area contributed by atoms with Crippen LogP contribution >= 0.6 is 0 Å². The Kier molecular flexibility index (Phi) is 5.16. The van der Waals surface area contributed by atoms with Gasteiger partial charge in [0.15, 0.2) is 5.79 Å². The average Bonchev–Trinajstić information content (AvgIpc) is 3.30. The van der Waals surface area contributed by atoms with E-state index in [9.17, 15) is 13.5 Å². The number of ether oxygens (including phenoxy) is 2. The van der Waals surface area contributed by atoms with Crippen LogP contribution in [0.25, 0.3) is 0 Å². The summed E-state index contributed by atoms with van der Waals surface area (Å²) in [4.78, 5) is 0.311. The summed E-state index contributed by atoms with van der Waals surface area (Å²) in [7, 11) is -3.55. The molecule has 3 aliphatic rings. The fraction of sp³-hybridized carbons (Fsp3) is 0.600. The molecule has 1 unspecified atom stereocenters. The molecule has 0 bridgehead atoms. The summed E-state index contributed by atoms with van der Waals surface area (Å²) in [6, 6.07) is 6.94. The number of sulfonamides is 1. The van der Waals surface area contributed by atoms with Gasteiger partial charge >= 0.3 is 0 Å². The van der Waals surface area contributed by atoms with E-state index < -0.39 is 15.8 Å². The maximum atomic E-state index is 13.0. The molecule has 1 spiro atoms. The fourth-order valence-electron chi connectivity index (χ4n) is 4.39. The molecule has 0 aromatic heterocycles. The zero-order chi connectivity index (χ0) is 19.1. The van der Waals surface area contributed by atoms with E-state index in [1.165, 1.54) is 9.88 Å². The van der Waals surface area contributed by atoms with Crippen molar-refractivity contribution >= 4 is 10.0 Å². The summed E-state index contributed by atoms with van der Waals surface area (Å²) in [6.45, 7) is 3.90. The molecular weight excluding hydrogens is 366 g/mol. The fourth-order valence-corrected chi connectivity index (χ4v) is 5.85. The molecule has 148 valence electrons. The lowest BCUT2D eigenvalue weighted by Gasteiger charge is -2.33. The number of rotatable bonds is 3. The molecular formula is C20H27NO5S. The lowest BCUT2D eigenvalue weighted by atomic mass is 9.84. The molecule has 0 radical (unpaired) electrons. The molecule has 2 saturated heterocycles. The van der Waals surface area contributed by atoms with Crippen LogP contribution in [0, 0.1) is 12.8 Å². The minimum Gasteiger partial charge on any atom is -0.396 e. The Morgan fingerprint density at radius 1 is 1.15 bits per heavy atom. The van der Waals surface area contributed by atoms with E-state index in [0.29, 0.717) is 31.2 Å². The van der Waals surface area contributed by atoms with Crippen molar-refractivity contribution in [3.63, 3.8) is 0 Å². The zero-order valence-corrected chi connectivity index (χ0v) is 16.5. The van der Waals surface area contributed by atoms with Crippen LogP contribution in [0.2, 0.25) is 0 Å². The second kappa shape index (κ2) is 7.29. The van der Waals surface area contributed by atoms with E-state index in [0.717, 1.165) is 36.8 Å². The normalized spacial score (nSPS) is 26.2. The number of benzene rings is 1. The Hall–Kier alpha value is -1.25. The van der Waals surface area contributed by atoms with Gasteiger partial charge in [0.1, 0.15) is 0 Å². The van der Waals surface area contributed by atoms with Crippen LogP contribution in [-0.2, 0) is 19.5 Å². The maximum Gasteiger partial charge on any atom is 0.243 e. The molecule has 2 heterocycles. The van der Waals surface area contributed by atoms with Gasteiger partial charge in [-0.25, -0.2) is 8.42 Å². The topological polar surface area (TPSA) is 76.1 Å². The predicted octanol–water partition coefficient (Wildman–Crippen LogP) is 2.22. The van der Waals surface area contributed by atoms with Crippen molar-refractivity contribution in [3.8, 4) is 0 Å². The van der Waals surface area contributed by atoms with Gasteiger partial charge in [-0.1, -0.05) is 23.3 Å². The van der Waals surface area contributed by atoms with Crippen LogP contribution in [0.5, 0.6) is 0 Å². The standard InChI is InChI=1S/C20H27NO5S/c1-15-2-4-18(5-3-15)27(23,24)21-12-17(14-22)19(13-21)16-6-8-20(9-7-16)25-10-11-26-20/h2-5,17,22H,6-14H2,1H3. The summed E-state index contributed by atoms with van der Waals surface area (Å²) in [5, 5.41) is 9.86. The number of allylic oxidation sites excluding steroid dienone is 1. The lowest BCUT2D eigenvalue weighted by Crippen LogP contribution is -2.33. The smallest absolute Gasteiger partial charge is 0.243 e. The van der Waals surface area contributed by atoms with Crippen LogP contribution in [0.4, 0.5) is 0 Å². The zero-order valence-electron chi connectivity index (χ0n) is 15.7. The van der Waals surface area contributed by atoms with E-state index in [1.807, 2.05) is 19.1 Å². The van der Waals surface area contributed by atoms with Gasteiger partial charge in [-0.05, 0) is 37.5 Å². The third kappa shape index (κ3) is 3.59. The summed E-state index contributed by atoms with van der Waals surface area (Å²) in [6.07, 6.45) is 3.28. The molecule has 2 aliphatic heterocycles. The number of hydrogen-bond acceptors (Lipinski definition) is 5. The first kappa shape index (κ1) is 19.1. The molecule has 27 heavy (non-hydrogen) atoms. The molecule has 6 nitrogen and oxygen atoms in total. The first-order valence-electron chi connectivity index (χ1n) is 9.60. The highest BCUT2D eigenvalue weighted by Gasteiger charge is 2.42. The Morgan fingerprint density at radius 2 is 1.78 bits per heavy atom. The maximum absolute atomic E-state index is 13.0. The van der Waals surface area contributed by atoms with Gasteiger partial charge in [0, 0.05) is 31.8 Å². The second-order valence-corrected chi connectivity index (χ2v) is 9.66. The Morgan fingerprint density at radius 3 is 2.37 bits per heavy atom. The van der Waals surface area contributed by atoms with Crippen molar-refractivity contribution in [2.45, 2.75) is 43.3 Å². The van der Waals surface area contributed by atoms with Gasteiger partial charge in [0.25, 0.3) is 0 Å². The third-order valence-electron chi connectivity index (χ3n) is 6.03. The minimum absolute atomic E-state index is 0.0309. The third-order valence-corrected chi connectivity index (χ3v) is 7.85. The van der Waals surface area contributed by atoms with E-state index in [2.05, 4.69) is 0 Å². The van der Waals surface area contributed by atoms with Crippen LogP contribution in [0.3, 0.4) is 0 Å². The molecule has 1 atom stereocenters. The van der Waals surface area contributed by atoms with E-state index >= 15 is 0 Å².